The molecule has 4 fully saturated rings. The fourth-order valence-electron chi connectivity index (χ4n) is 7.10. The van der Waals surface area contributed by atoms with Crippen molar-refractivity contribution in [2.45, 2.75) is 82.5 Å². The molecule has 2 aromatic carbocycles. The average molecular weight is 697 g/mol. The van der Waals surface area contributed by atoms with E-state index < -0.39 is 0 Å². The summed E-state index contributed by atoms with van der Waals surface area (Å²) < 4.78 is 6.24. The third kappa shape index (κ3) is 8.02. The maximum Gasteiger partial charge on any atom is 0.228 e. The van der Waals surface area contributed by atoms with Crippen LogP contribution >= 0.6 is 34.8 Å². The number of carbonyl (C=O) groups excluding carboxylic acids is 1. The van der Waals surface area contributed by atoms with E-state index in [1.165, 1.54) is 18.4 Å². The van der Waals surface area contributed by atoms with Gasteiger partial charge in [-0.25, -0.2) is 4.98 Å². The first-order chi connectivity index (χ1) is 22.8. The SMILES string of the molecule is Cc1cc(Cl)c(O[C@@H]2CCN(c3ccc(C4CCNCC4C(=O)N(Cc4cc(CCNC5CC5)ccc4Cl)C4CC4)cn3)C2)c(Cl)c1. The summed E-state index contributed by atoms with van der Waals surface area (Å²) in [5.41, 5.74) is 4.44. The molecule has 2 saturated heterocycles. The zero-order valence-corrected chi connectivity index (χ0v) is 29.3. The number of ether oxygens (including phenoxy) is 1. The van der Waals surface area contributed by atoms with E-state index in [9.17, 15) is 4.79 Å². The van der Waals surface area contributed by atoms with Crippen molar-refractivity contribution in [3.05, 3.63) is 86.0 Å². The van der Waals surface area contributed by atoms with Crippen LogP contribution < -0.4 is 20.3 Å². The topological polar surface area (TPSA) is 69.7 Å². The van der Waals surface area contributed by atoms with Gasteiger partial charge in [0.25, 0.3) is 0 Å². The number of benzene rings is 2. The lowest BCUT2D eigenvalue weighted by molar-refractivity contribution is -0.138. The number of nitrogens with zero attached hydrogens (tertiary/aromatic N) is 3. The zero-order valence-electron chi connectivity index (χ0n) is 27.0. The molecule has 2 saturated carbocycles. The fraction of sp³-hybridized carbons (Fsp3) is 0.514. The minimum atomic E-state index is -0.143. The first-order valence-electron chi connectivity index (χ1n) is 17.2. The summed E-state index contributed by atoms with van der Waals surface area (Å²) in [4.78, 5) is 23.6. The summed E-state index contributed by atoms with van der Waals surface area (Å²) in [5.74, 6) is 1.66. The number of nitrogens with one attached hydrogen (secondary N) is 2. The number of pyridine rings is 1. The van der Waals surface area contributed by atoms with Gasteiger partial charge in [-0.1, -0.05) is 53.0 Å². The molecule has 1 amide bonds. The molecule has 7 nitrogen and oxygen atoms in total. The molecule has 47 heavy (non-hydrogen) atoms. The average Bonchev–Trinajstić information content (AvgIpc) is 4.02. The minimum absolute atomic E-state index is 0.0254. The standard InChI is InChI=1S/C37H44Cl3N5O2/c1-23-16-33(39)36(34(40)17-23)47-29-12-15-44(22-29)35-9-3-25(19-43-35)30-11-13-41-20-31(30)37(46)45(28-6-7-28)21-26-18-24(2-8-32(26)38)10-14-42-27-4-5-27/h2-3,8-9,16-19,27-31,41-42H,4-7,10-15,20-22H2,1H3/t29-,30?,31?/m1/s1. The number of amides is 1. The van der Waals surface area contributed by atoms with E-state index in [0.29, 0.717) is 41.5 Å². The van der Waals surface area contributed by atoms with Gasteiger partial charge in [0.15, 0.2) is 5.75 Å². The summed E-state index contributed by atoms with van der Waals surface area (Å²) in [7, 11) is 0. The molecule has 3 heterocycles. The molecule has 0 radical (unpaired) electrons. The van der Waals surface area contributed by atoms with Crippen molar-refractivity contribution < 1.29 is 9.53 Å². The number of carbonyl (C=O) groups is 1. The minimum Gasteiger partial charge on any atom is -0.485 e. The molecule has 3 atom stereocenters. The van der Waals surface area contributed by atoms with Gasteiger partial charge in [-0.15, -0.1) is 0 Å². The highest BCUT2D eigenvalue weighted by atomic mass is 35.5. The Morgan fingerprint density at radius 3 is 2.55 bits per heavy atom. The van der Waals surface area contributed by atoms with Gasteiger partial charge in [-0.2, -0.15) is 0 Å². The van der Waals surface area contributed by atoms with Crippen molar-refractivity contribution in [3.63, 3.8) is 0 Å². The van der Waals surface area contributed by atoms with Crippen molar-refractivity contribution >= 4 is 46.5 Å². The largest absolute Gasteiger partial charge is 0.485 e. The Morgan fingerprint density at radius 1 is 1.02 bits per heavy atom. The Hall–Kier alpha value is -2.55. The lowest BCUT2D eigenvalue weighted by Crippen LogP contribution is -2.47. The predicted octanol–water partition coefficient (Wildman–Crippen LogP) is 7.19. The summed E-state index contributed by atoms with van der Waals surface area (Å²) in [6.45, 7) is 6.60. The van der Waals surface area contributed by atoms with Gasteiger partial charge in [-0.3, -0.25) is 4.79 Å². The molecule has 7 rings (SSSR count). The van der Waals surface area contributed by atoms with Gasteiger partial charge in [0, 0.05) is 49.4 Å². The van der Waals surface area contributed by atoms with Crippen molar-refractivity contribution in [3.8, 4) is 5.75 Å². The molecule has 2 aliphatic carbocycles. The van der Waals surface area contributed by atoms with Crippen molar-refractivity contribution in [2.24, 2.45) is 5.92 Å². The smallest absolute Gasteiger partial charge is 0.228 e. The van der Waals surface area contributed by atoms with Crippen LogP contribution in [0, 0.1) is 12.8 Å². The zero-order chi connectivity index (χ0) is 32.5. The first kappa shape index (κ1) is 33.0. The Bertz CT molecular complexity index is 1560. The number of piperidine rings is 1. The molecule has 1 aromatic heterocycles. The van der Waals surface area contributed by atoms with E-state index in [1.54, 1.807) is 0 Å². The third-order valence-corrected chi connectivity index (χ3v) is 11.0. The van der Waals surface area contributed by atoms with Gasteiger partial charge >= 0.3 is 0 Å². The third-order valence-electron chi connectivity index (χ3n) is 10.0. The van der Waals surface area contributed by atoms with Crippen LogP contribution in [0.5, 0.6) is 5.75 Å². The highest BCUT2D eigenvalue weighted by Crippen LogP contribution is 2.38. The Kier molecular flexibility index (Phi) is 10.2. The lowest BCUT2D eigenvalue weighted by atomic mass is 9.80. The fourth-order valence-corrected chi connectivity index (χ4v) is 7.96. The molecule has 2 unspecified atom stereocenters. The lowest BCUT2D eigenvalue weighted by Gasteiger charge is -2.36. The molecule has 4 aliphatic rings. The highest BCUT2D eigenvalue weighted by molar-refractivity contribution is 6.37. The number of anilines is 1. The van der Waals surface area contributed by atoms with Crippen LogP contribution in [0.25, 0.3) is 0 Å². The van der Waals surface area contributed by atoms with Crippen LogP contribution in [0.15, 0.2) is 48.7 Å². The van der Waals surface area contributed by atoms with E-state index in [4.69, 9.17) is 44.5 Å². The van der Waals surface area contributed by atoms with Crippen LogP contribution in [-0.4, -0.2) is 66.7 Å². The number of hydrogen-bond acceptors (Lipinski definition) is 6. The summed E-state index contributed by atoms with van der Waals surface area (Å²) in [6.07, 6.45) is 9.36. The second-order valence-corrected chi connectivity index (χ2v) is 15.0. The number of halogens is 3. The highest BCUT2D eigenvalue weighted by Gasteiger charge is 2.40. The number of rotatable bonds is 12. The van der Waals surface area contributed by atoms with E-state index >= 15 is 0 Å². The Balaban J connectivity index is 1.01. The molecule has 0 bridgehead atoms. The second-order valence-electron chi connectivity index (χ2n) is 13.8. The van der Waals surface area contributed by atoms with Crippen LogP contribution in [0.3, 0.4) is 0 Å². The summed E-state index contributed by atoms with van der Waals surface area (Å²) >= 11 is 19.6. The number of aromatic nitrogens is 1. The molecule has 2 N–H and O–H groups in total. The molecule has 2 aliphatic heterocycles. The van der Waals surface area contributed by atoms with E-state index in [2.05, 4.69) is 44.7 Å². The summed E-state index contributed by atoms with van der Waals surface area (Å²) in [6, 6.07) is 15.3. The molecular weight excluding hydrogens is 653 g/mol. The van der Waals surface area contributed by atoms with Crippen molar-refractivity contribution in [1.82, 2.24) is 20.5 Å². The van der Waals surface area contributed by atoms with Crippen molar-refractivity contribution in [1.29, 1.82) is 0 Å². The van der Waals surface area contributed by atoms with Gasteiger partial charge in [0.2, 0.25) is 5.91 Å². The quantitative estimate of drug-likeness (QED) is 0.209. The second kappa shape index (κ2) is 14.5. The molecule has 10 heteroatoms. The van der Waals surface area contributed by atoms with E-state index in [-0.39, 0.29) is 29.9 Å². The van der Waals surface area contributed by atoms with Crippen LogP contribution in [-0.2, 0) is 17.8 Å². The van der Waals surface area contributed by atoms with Crippen LogP contribution in [0.4, 0.5) is 5.82 Å². The van der Waals surface area contributed by atoms with Gasteiger partial charge < -0.3 is 25.2 Å². The summed E-state index contributed by atoms with van der Waals surface area (Å²) in [5, 5.41) is 8.91. The Labute approximate surface area is 293 Å². The van der Waals surface area contributed by atoms with Crippen LogP contribution in [0.1, 0.15) is 66.7 Å². The number of hydrogen-bond donors (Lipinski definition) is 2. The first-order valence-corrected chi connectivity index (χ1v) is 18.3. The molecular formula is C37H44Cl3N5O2. The monoisotopic (exact) mass is 695 g/mol. The van der Waals surface area contributed by atoms with E-state index in [1.807, 2.05) is 31.3 Å². The molecule has 3 aromatic rings. The maximum atomic E-state index is 14.3. The Morgan fingerprint density at radius 2 is 1.83 bits per heavy atom. The predicted molar refractivity (Wildman–Crippen MR) is 190 cm³/mol. The van der Waals surface area contributed by atoms with Gasteiger partial charge in [0.05, 0.1) is 22.5 Å². The maximum absolute atomic E-state index is 14.3. The molecule has 0 spiro atoms. The normalized spacial score (nSPS) is 22.8. The van der Waals surface area contributed by atoms with Gasteiger partial charge in [-0.05, 0) is 111 Å². The van der Waals surface area contributed by atoms with Crippen LogP contribution in [0.2, 0.25) is 15.1 Å². The number of aryl methyl sites for hydroxylation is 1. The molecule has 250 valence electrons. The van der Waals surface area contributed by atoms with E-state index in [0.717, 1.165) is 79.3 Å². The van der Waals surface area contributed by atoms with Gasteiger partial charge in [0.1, 0.15) is 11.9 Å². The van der Waals surface area contributed by atoms with Crippen molar-refractivity contribution in [2.75, 3.05) is 37.6 Å².